The first-order valence-electron chi connectivity index (χ1n) is 12.1. The van der Waals surface area contributed by atoms with Crippen molar-refractivity contribution in [2.75, 3.05) is 0 Å². The van der Waals surface area contributed by atoms with Crippen LogP contribution in [0, 0.1) is 11.3 Å². The molecule has 2 aromatic heterocycles. The van der Waals surface area contributed by atoms with Crippen LogP contribution in [0.1, 0.15) is 61.5 Å². The molecule has 0 spiro atoms. The predicted molar refractivity (Wildman–Crippen MR) is 126 cm³/mol. The molecule has 1 atom stereocenters. The number of aromatic nitrogens is 4. The number of alkyl halides is 3. The van der Waals surface area contributed by atoms with E-state index in [1.54, 1.807) is 23.2 Å². The first-order valence-corrected chi connectivity index (χ1v) is 12.1. The summed E-state index contributed by atoms with van der Waals surface area (Å²) in [5.41, 5.74) is -1.63. The van der Waals surface area contributed by atoms with Crippen molar-refractivity contribution in [3.05, 3.63) is 63.9 Å². The molecule has 0 saturated heterocycles. The molecule has 2 aromatic rings. The minimum absolute atomic E-state index is 0.126. The molecule has 11 heteroatoms. The molecule has 194 valence electrons. The zero-order valence-electron chi connectivity index (χ0n) is 20.1. The van der Waals surface area contributed by atoms with Gasteiger partial charge in [-0.1, -0.05) is 31.1 Å². The smallest absolute Gasteiger partial charge is 0.412 e. The summed E-state index contributed by atoms with van der Waals surface area (Å²) in [5.74, 6) is -2.04. The second-order valence-electron chi connectivity index (χ2n) is 9.67. The number of nitrogens with one attached hydrogen (secondary N) is 1. The van der Waals surface area contributed by atoms with Gasteiger partial charge in [0.1, 0.15) is 0 Å². The third kappa shape index (κ3) is 5.71. The number of allylic oxidation sites excluding steroid dienone is 4. The summed E-state index contributed by atoms with van der Waals surface area (Å²) in [7, 11) is 0. The minimum atomic E-state index is -4.40. The standard InChI is InChI=1S/C25H30F3N5O3/c1-2-32-14-17(13-30-32)12-29-23(36)21-22(35)20(34)15-33(31-21)16-24(9-5-6-10-24)11-18-7-3-4-8-19(18)25(26,27)28/h3-4,8,13-15,18,34H,2,5-7,9-12,16H2,1H3,(H,29,36). The van der Waals surface area contributed by atoms with Crippen LogP contribution in [0.5, 0.6) is 5.75 Å². The van der Waals surface area contributed by atoms with Gasteiger partial charge in [-0.15, -0.1) is 0 Å². The zero-order valence-corrected chi connectivity index (χ0v) is 20.1. The average Bonchev–Trinajstić information content (AvgIpc) is 3.49. The van der Waals surface area contributed by atoms with Crippen molar-refractivity contribution in [1.29, 1.82) is 0 Å². The Morgan fingerprint density at radius 1 is 1.25 bits per heavy atom. The van der Waals surface area contributed by atoms with E-state index >= 15 is 0 Å². The number of nitrogens with zero attached hydrogens (tertiary/aromatic N) is 4. The molecule has 0 aromatic carbocycles. The molecule has 0 bridgehead atoms. The average molecular weight is 506 g/mol. The van der Waals surface area contributed by atoms with Crippen molar-refractivity contribution in [2.24, 2.45) is 11.3 Å². The fourth-order valence-corrected chi connectivity index (χ4v) is 5.30. The third-order valence-corrected chi connectivity index (χ3v) is 7.07. The summed E-state index contributed by atoms with van der Waals surface area (Å²) >= 11 is 0. The summed E-state index contributed by atoms with van der Waals surface area (Å²) in [4.78, 5) is 25.2. The van der Waals surface area contributed by atoms with E-state index in [9.17, 15) is 27.9 Å². The Morgan fingerprint density at radius 2 is 2.00 bits per heavy atom. The van der Waals surface area contributed by atoms with Crippen LogP contribution in [0.3, 0.4) is 0 Å². The molecule has 2 heterocycles. The molecular weight excluding hydrogens is 475 g/mol. The van der Waals surface area contributed by atoms with Crippen molar-refractivity contribution < 1.29 is 23.1 Å². The van der Waals surface area contributed by atoms with E-state index in [1.165, 1.54) is 10.8 Å². The molecule has 1 unspecified atom stereocenters. The van der Waals surface area contributed by atoms with E-state index in [2.05, 4.69) is 15.5 Å². The second-order valence-corrected chi connectivity index (χ2v) is 9.67. The Kier molecular flexibility index (Phi) is 7.37. The Balaban J connectivity index is 1.53. The van der Waals surface area contributed by atoms with Gasteiger partial charge in [0.05, 0.1) is 12.4 Å². The maximum Gasteiger partial charge on any atom is 0.412 e. The van der Waals surface area contributed by atoms with Crippen LogP contribution in [0.15, 0.2) is 47.2 Å². The van der Waals surface area contributed by atoms with Gasteiger partial charge in [0, 0.05) is 37.0 Å². The lowest BCUT2D eigenvalue weighted by Gasteiger charge is -2.35. The maximum atomic E-state index is 13.6. The fraction of sp³-hybridized carbons (Fsp3) is 0.520. The second kappa shape index (κ2) is 10.3. The molecule has 2 N–H and O–H groups in total. The van der Waals surface area contributed by atoms with Crippen LogP contribution in [0.25, 0.3) is 0 Å². The van der Waals surface area contributed by atoms with Gasteiger partial charge in [-0.05, 0) is 43.9 Å². The van der Waals surface area contributed by atoms with E-state index < -0.39 is 45.9 Å². The monoisotopic (exact) mass is 505 g/mol. The minimum Gasteiger partial charge on any atom is -0.503 e. The normalized spacial score (nSPS) is 19.3. The van der Waals surface area contributed by atoms with Crippen molar-refractivity contribution in [3.8, 4) is 5.75 Å². The first-order chi connectivity index (χ1) is 17.1. The zero-order chi connectivity index (χ0) is 25.9. The van der Waals surface area contributed by atoms with Crippen molar-refractivity contribution in [1.82, 2.24) is 24.9 Å². The van der Waals surface area contributed by atoms with Crippen molar-refractivity contribution in [2.45, 2.75) is 71.3 Å². The molecule has 4 rings (SSSR count). The molecular formula is C25H30F3N5O3. The lowest BCUT2D eigenvalue weighted by molar-refractivity contribution is -0.101. The van der Waals surface area contributed by atoms with Crippen LogP contribution < -0.4 is 10.7 Å². The molecule has 1 fully saturated rings. The van der Waals surface area contributed by atoms with Crippen molar-refractivity contribution >= 4 is 5.91 Å². The molecule has 0 aliphatic heterocycles. The van der Waals surface area contributed by atoms with E-state index in [-0.39, 0.29) is 13.1 Å². The lowest BCUT2D eigenvalue weighted by Crippen LogP contribution is -2.34. The molecule has 8 nitrogen and oxygen atoms in total. The number of rotatable bonds is 8. The quantitative estimate of drug-likeness (QED) is 0.562. The lowest BCUT2D eigenvalue weighted by atomic mass is 9.73. The first kappa shape index (κ1) is 25.7. The van der Waals surface area contributed by atoms with Gasteiger partial charge in [-0.25, -0.2) is 0 Å². The third-order valence-electron chi connectivity index (χ3n) is 7.07. The Morgan fingerprint density at radius 3 is 2.67 bits per heavy atom. The highest BCUT2D eigenvalue weighted by Crippen LogP contribution is 2.49. The summed E-state index contributed by atoms with van der Waals surface area (Å²) in [6.07, 6.45) is 8.23. The molecule has 36 heavy (non-hydrogen) atoms. The van der Waals surface area contributed by atoms with Crippen molar-refractivity contribution in [3.63, 3.8) is 0 Å². The van der Waals surface area contributed by atoms with Crippen LogP contribution in [0.4, 0.5) is 13.2 Å². The SMILES string of the molecule is CCn1cc(CNC(=O)c2nn(CC3(CC4CC=CC=C4C(F)(F)F)CCCC3)cc(O)c2=O)cn1. The number of aromatic hydroxyl groups is 1. The Labute approximate surface area is 206 Å². The number of carbonyl (C=O) groups excluding carboxylic acids is 1. The summed E-state index contributed by atoms with van der Waals surface area (Å²) in [6.45, 7) is 2.93. The summed E-state index contributed by atoms with van der Waals surface area (Å²) in [5, 5.41) is 21.2. The highest BCUT2D eigenvalue weighted by Gasteiger charge is 2.44. The number of amides is 1. The van der Waals surface area contributed by atoms with Gasteiger partial charge in [0.15, 0.2) is 11.4 Å². The number of hydrogen-bond donors (Lipinski definition) is 2. The van der Waals surface area contributed by atoms with E-state index in [0.717, 1.165) is 30.7 Å². The van der Waals surface area contributed by atoms with Crippen LogP contribution >= 0.6 is 0 Å². The predicted octanol–water partition coefficient (Wildman–Crippen LogP) is 4.11. The number of carbonyl (C=O) groups is 1. The molecule has 1 saturated carbocycles. The molecule has 1 amide bonds. The van der Waals surface area contributed by atoms with Gasteiger partial charge in [-0.3, -0.25) is 19.0 Å². The Hall–Kier alpha value is -3.37. The largest absolute Gasteiger partial charge is 0.503 e. The van der Waals surface area contributed by atoms with E-state index in [4.69, 9.17) is 0 Å². The van der Waals surface area contributed by atoms with Gasteiger partial charge in [0.25, 0.3) is 11.3 Å². The van der Waals surface area contributed by atoms with Crippen LogP contribution in [0.2, 0.25) is 0 Å². The van der Waals surface area contributed by atoms with Gasteiger partial charge >= 0.3 is 6.18 Å². The molecule has 2 aliphatic rings. The number of hydrogen-bond acceptors (Lipinski definition) is 5. The van der Waals surface area contributed by atoms with E-state index in [0.29, 0.717) is 32.2 Å². The number of halogens is 3. The molecule has 2 aliphatic carbocycles. The number of aryl methyl sites for hydroxylation is 1. The molecule has 0 radical (unpaired) electrons. The van der Waals surface area contributed by atoms with Gasteiger partial charge < -0.3 is 10.4 Å². The van der Waals surface area contributed by atoms with Gasteiger partial charge in [0.2, 0.25) is 0 Å². The Bertz CT molecular complexity index is 1220. The summed E-state index contributed by atoms with van der Waals surface area (Å²) < 4.78 is 43.9. The summed E-state index contributed by atoms with van der Waals surface area (Å²) in [6, 6.07) is 0. The highest BCUT2D eigenvalue weighted by molar-refractivity contribution is 5.92. The van der Waals surface area contributed by atoms with Crippen LogP contribution in [-0.2, 0) is 19.6 Å². The van der Waals surface area contributed by atoms with Crippen LogP contribution in [-0.4, -0.2) is 36.8 Å². The van der Waals surface area contributed by atoms with Gasteiger partial charge in [-0.2, -0.15) is 23.4 Å². The topological polar surface area (TPSA) is 102 Å². The highest BCUT2D eigenvalue weighted by atomic mass is 19.4. The fourth-order valence-electron chi connectivity index (χ4n) is 5.30. The van der Waals surface area contributed by atoms with E-state index in [1.807, 2.05) is 6.92 Å². The maximum absolute atomic E-state index is 13.6.